The minimum Gasteiger partial charge on any atom is -0.437 e. The molecule has 2 aliphatic heterocycles. The Morgan fingerprint density at radius 3 is 2.31 bits per heavy atom. The maximum atomic E-state index is 12.8. The molecule has 0 radical (unpaired) electrons. The number of halogens is 6. The monoisotopic (exact) mass is 424 g/mol. The molecular weight excluding hydrogens is 402 g/mol. The summed E-state index contributed by atoms with van der Waals surface area (Å²) < 4.78 is 80.5. The first-order chi connectivity index (χ1) is 13.4. The van der Waals surface area contributed by atoms with Gasteiger partial charge in [-0.3, -0.25) is 4.90 Å². The third kappa shape index (κ3) is 5.15. The Kier molecular flexibility index (Phi) is 5.77. The molecule has 0 aliphatic carbocycles. The van der Waals surface area contributed by atoms with E-state index in [1.165, 1.54) is 11.0 Å². The topological polar surface area (TPSA) is 32.8 Å². The summed E-state index contributed by atoms with van der Waals surface area (Å²) in [5, 5.41) is 0. The van der Waals surface area contributed by atoms with Crippen molar-refractivity contribution in [1.82, 2.24) is 9.80 Å². The van der Waals surface area contributed by atoms with E-state index in [0.717, 1.165) is 19.1 Å². The van der Waals surface area contributed by atoms with Gasteiger partial charge in [0.15, 0.2) is 6.10 Å². The van der Waals surface area contributed by atoms with Crippen molar-refractivity contribution < 1.29 is 35.9 Å². The zero-order valence-electron chi connectivity index (χ0n) is 15.8. The van der Waals surface area contributed by atoms with Gasteiger partial charge in [-0.15, -0.1) is 0 Å². The van der Waals surface area contributed by atoms with Crippen LogP contribution in [0.5, 0.6) is 0 Å². The van der Waals surface area contributed by atoms with E-state index >= 15 is 0 Å². The maximum Gasteiger partial charge on any atom is 0.425 e. The molecule has 0 bridgehead atoms. The van der Waals surface area contributed by atoms with Crippen molar-refractivity contribution in [2.24, 2.45) is 5.41 Å². The number of amides is 1. The standard InChI is InChI=1S/C19H22F6N2O2/c1-13(18(20,21)22)29-16(28)27-7-5-17(6-8-27)11-26(12-17)10-14-3-2-4-15(9-14)19(23,24)25/h2-4,9,13H,5-8,10-12H2,1H3. The van der Waals surface area contributed by atoms with E-state index < -0.39 is 30.1 Å². The van der Waals surface area contributed by atoms with Crippen molar-refractivity contribution in [2.45, 2.75) is 44.8 Å². The lowest BCUT2D eigenvalue weighted by Gasteiger charge is -2.54. The molecule has 1 amide bonds. The van der Waals surface area contributed by atoms with Crippen LogP contribution in [0.15, 0.2) is 24.3 Å². The Morgan fingerprint density at radius 1 is 1.14 bits per heavy atom. The number of ether oxygens (including phenoxy) is 1. The average molecular weight is 424 g/mol. The molecule has 4 nitrogen and oxygen atoms in total. The first-order valence-corrected chi connectivity index (χ1v) is 9.29. The number of carbonyl (C=O) groups excluding carboxylic acids is 1. The summed E-state index contributed by atoms with van der Waals surface area (Å²) in [5.74, 6) is 0. The molecule has 0 saturated carbocycles. The molecule has 1 atom stereocenters. The molecule has 10 heteroatoms. The number of carbonyl (C=O) groups is 1. The molecular formula is C19H22F6N2O2. The number of benzene rings is 1. The van der Waals surface area contributed by atoms with Crippen molar-refractivity contribution >= 4 is 6.09 Å². The molecule has 0 N–H and O–H groups in total. The fourth-order valence-corrected chi connectivity index (χ4v) is 3.89. The molecule has 1 aromatic rings. The smallest absolute Gasteiger partial charge is 0.425 e. The number of rotatable bonds is 3. The lowest BCUT2D eigenvalue weighted by Crippen LogP contribution is -2.60. The molecule has 0 aromatic heterocycles. The van der Waals surface area contributed by atoms with E-state index in [1.807, 2.05) is 4.90 Å². The molecule has 2 fully saturated rings. The first-order valence-electron chi connectivity index (χ1n) is 9.29. The summed E-state index contributed by atoms with van der Waals surface area (Å²) >= 11 is 0. The van der Waals surface area contributed by atoms with Crippen LogP contribution >= 0.6 is 0 Å². The van der Waals surface area contributed by atoms with Crippen LogP contribution in [0.25, 0.3) is 0 Å². The quantitative estimate of drug-likeness (QED) is 0.660. The Hall–Kier alpha value is -1.97. The number of likely N-dealkylation sites (tertiary alicyclic amines) is 2. The van der Waals surface area contributed by atoms with Gasteiger partial charge >= 0.3 is 18.4 Å². The molecule has 1 spiro atoms. The predicted molar refractivity (Wildman–Crippen MR) is 92.0 cm³/mol. The minimum atomic E-state index is -4.59. The Morgan fingerprint density at radius 2 is 1.76 bits per heavy atom. The third-order valence-corrected chi connectivity index (χ3v) is 5.60. The SMILES string of the molecule is CC(OC(=O)N1CCC2(CC1)CN(Cc1cccc(C(F)(F)F)c1)C2)C(F)(F)F. The van der Waals surface area contributed by atoms with Gasteiger partial charge in [-0.1, -0.05) is 18.2 Å². The van der Waals surface area contributed by atoms with Gasteiger partial charge in [-0.25, -0.2) is 4.79 Å². The molecule has 1 aromatic carbocycles. The van der Waals surface area contributed by atoms with Crippen LogP contribution in [0.3, 0.4) is 0 Å². The van der Waals surface area contributed by atoms with Crippen LogP contribution in [0.4, 0.5) is 31.1 Å². The second kappa shape index (κ2) is 7.70. The highest BCUT2D eigenvalue weighted by Crippen LogP contribution is 2.41. The Bertz CT molecular complexity index is 733. The Labute approximate surface area is 164 Å². The van der Waals surface area contributed by atoms with Gasteiger partial charge in [0.05, 0.1) is 5.56 Å². The van der Waals surface area contributed by atoms with E-state index in [-0.39, 0.29) is 5.41 Å². The van der Waals surface area contributed by atoms with Crippen molar-refractivity contribution in [1.29, 1.82) is 0 Å². The highest BCUT2D eigenvalue weighted by molar-refractivity contribution is 5.68. The normalized spacial score (nSPS) is 21.0. The lowest BCUT2D eigenvalue weighted by atomic mass is 9.72. The molecule has 2 aliphatic rings. The summed E-state index contributed by atoms with van der Waals surface area (Å²) in [4.78, 5) is 15.2. The fourth-order valence-electron chi connectivity index (χ4n) is 3.89. The molecule has 2 saturated heterocycles. The molecule has 3 rings (SSSR count). The van der Waals surface area contributed by atoms with E-state index in [2.05, 4.69) is 4.74 Å². The number of hydrogen-bond acceptors (Lipinski definition) is 3. The van der Waals surface area contributed by atoms with E-state index in [1.54, 1.807) is 6.07 Å². The van der Waals surface area contributed by atoms with Crippen LogP contribution in [-0.2, 0) is 17.5 Å². The number of piperidine rings is 1. The van der Waals surface area contributed by atoms with Crippen LogP contribution in [-0.4, -0.2) is 54.4 Å². The van der Waals surface area contributed by atoms with Crippen LogP contribution in [0.1, 0.15) is 30.9 Å². The maximum absolute atomic E-state index is 12.8. The number of hydrogen-bond donors (Lipinski definition) is 0. The van der Waals surface area contributed by atoms with Gasteiger partial charge in [0.25, 0.3) is 0 Å². The second-order valence-corrected chi connectivity index (χ2v) is 7.90. The highest BCUT2D eigenvalue weighted by Gasteiger charge is 2.46. The van der Waals surface area contributed by atoms with Crippen LogP contribution in [0, 0.1) is 5.41 Å². The van der Waals surface area contributed by atoms with Crippen LogP contribution < -0.4 is 0 Å². The summed E-state index contributed by atoms with van der Waals surface area (Å²) in [7, 11) is 0. The van der Waals surface area contributed by atoms with Gasteiger partial charge in [0.1, 0.15) is 0 Å². The zero-order chi connectivity index (χ0) is 21.4. The number of alkyl halides is 6. The zero-order valence-corrected chi connectivity index (χ0v) is 15.8. The fraction of sp³-hybridized carbons (Fsp3) is 0.632. The summed E-state index contributed by atoms with van der Waals surface area (Å²) in [6.07, 6.45) is -10.8. The van der Waals surface area contributed by atoms with Crippen molar-refractivity contribution in [2.75, 3.05) is 26.2 Å². The van der Waals surface area contributed by atoms with Gasteiger partial charge in [-0.2, -0.15) is 26.3 Å². The van der Waals surface area contributed by atoms with Gasteiger partial charge < -0.3 is 9.64 Å². The summed E-state index contributed by atoms with van der Waals surface area (Å²) in [5.41, 5.74) is -0.143. The van der Waals surface area contributed by atoms with Gasteiger partial charge in [0.2, 0.25) is 0 Å². The highest BCUT2D eigenvalue weighted by atomic mass is 19.4. The van der Waals surface area contributed by atoms with Crippen LogP contribution in [0.2, 0.25) is 0 Å². The third-order valence-electron chi connectivity index (χ3n) is 5.60. The predicted octanol–water partition coefficient (Wildman–Crippen LogP) is 4.69. The lowest BCUT2D eigenvalue weighted by molar-refractivity contribution is -0.200. The first kappa shape index (κ1) is 21.7. The summed E-state index contributed by atoms with van der Waals surface area (Å²) in [6.45, 7) is 3.18. The molecule has 162 valence electrons. The second-order valence-electron chi connectivity index (χ2n) is 7.90. The molecule has 1 unspecified atom stereocenters. The van der Waals surface area contributed by atoms with E-state index in [0.29, 0.717) is 51.1 Å². The summed E-state index contributed by atoms with van der Waals surface area (Å²) in [6, 6.07) is 5.22. The molecule has 29 heavy (non-hydrogen) atoms. The number of nitrogens with zero attached hydrogens (tertiary/aromatic N) is 2. The van der Waals surface area contributed by atoms with E-state index in [4.69, 9.17) is 0 Å². The van der Waals surface area contributed by atoms with Crippen molar-refractivity contribution in [3.8, 4) is 0 Å². The van der Waals surface area contributed by atoms with Gasteiger partial charge in [0, 0.05) is 32.7 Å². The van der Waals surface area contributed by atoms with Crippen molar-refractivity contribution in [3.05, 3.63) is 35.4 Å². The largest absolute Gasteiger partial charge is 0.437 e. The molecule has 2 heterocycles. The van der Waals surface area contributed by atoms with Gasteiger partial charge in [-0.05, 0) is 36.8 Å². The average Bonchev–Trinajstić information content (AvgIpc) is 2.59. The van der Waals surface area contributed by atoms with E-state index in [9.17, 15) is 31.1 Å². The minimum absolute atomic E-state index is 0.0476. The van der Waals surface area contributed by atoms with Crippen molar-refractivity contribution in [3.63, 3.8) is 0 Å². The Balaban J connectivity index is 1.47.